The van der Waals surface area contributed by atoms with E-state index in [-0.39, 0.29) is 17.4 Å². The van der Waals surface area contributed by atoms with Gasteiger partial charge in [-0.2, -0.15) is 0 Å². The molecule has 0 fully saturated rings. The highest BCUT2D eigenvalue weighted by molar-refractivity contribution is 7.91. The second-order valence-electron chi connectivity index (χ2n) is 5.92. The smallest absolute Gasteiger partial charge is 0.272 e. The van der Waals surface area contributed by atoms with Crippen molar-refractivity contribution in [3.63, 3.8) is 0 Å². The van der Waals surface area contributed by atoms with Crippen molar-refractivity contribution in [1.82, 2.24) is 9.29 Å². The number of aromatic nitrogens is 1. The number of rotatable bonds is 2. The van der Waals surface area contributed by atoms with Crippen molar-refractivity contribution in [1.29, 1.82) is 0 Å². The van der Waals surface area contributed by atoms with Gasteiger partial charge in [0.15, 0.2) is 11.6 Å². The molecule has 1 aliphatic heterocycles. The summed E-state index contributed by atoms with van der Waals surface area (Å²) in [6, 6.07) is 2.90. The number of hydrogen-bond acceptors (Lipinski definition) is 3. The van der Waals surface area contributed by atoms with Crippen molar-refractivity contribution in [3.05, 3.63) is 53.4 Å². The average Bonchev–Trinajstić information content (AvgIpc) is 2.87. The van der Waals surface area contributed by atoms with E-state index in [9.17, 15) is 17.8 Å². The predicted molar refractivity (Wildman–Crippen MR) is 96.1 cm³/mol. The number of benzene rings is 1. The van der Waals surface area contributed by atoms with Crippen molar-refractivity contribution in [2.75, 3.05) is 12.4 Å². The van der Waals surface area contributed by atoms with E-state index in [0.717, 1.165) is 12.1 Å². The first kappa shape index (κ1) is 18.3. The Kier molecular flexibility index (Phi) is 4.68. The number of carbonyl (C=O) groups excluding carboxylic acids is 1. The van der Waals surface area contributed by atoms with Crippen LogP contribution in [0, 0.1) is 11.6 Å². The summed E-state index contributed by atoms with van der Waals surface area (Å²) in [5, 5.41) is 2.54. The van der Waals surface area contributed by atoms with Gasteiger partial charge in [-0.1, -0.05) is 12.2 Å². The quantitative estimate of drug-likeness (QED) is 0.841. The van der Waals surface area contributed by atoms with E-state index >= 15 is 0 Å². The third-order valence-corrected chi connectivity index (χ3v) is 6.16. The van der Waals surface area contributed by atoms with Gasteiger partial charge in [0.1, 0.15) is 15.6 Å². The van der Waals surface area contributed by atoms with Gasteiger partial charge in [0.2, 0.25) is 0 Å². The van der Waals surface area contributed by atoms with Crippen molar-refractivity contribution in [2.45, 2.75) is 17.9 Å². The third kappa shape index (κ3) is 3.15. The Morgan fingerprint density at radius 1 is 1.35 bits per heavy atom. The van der Waals surface area contributed by atoms with E-state index in [1.54, 1.807) is 25.4 Å². The van der Waals surface area contributed by atoms with Crippen molar-refractivity contribution in [3.8, 4) is 0 Å². The lowest BCUT2D eigenvalue weighted by Crippen LogP contribution is -2.29. The molecular formula is C17H18F2N4O2S. The number of nitrogens with one attached hydrogen (secondary N) is 2. The summed E-state index contributed by atoms with van der Waals surface area (Å²) in [5.74, 6) is -2.58. The van der Waals surface area contributed by atoms with Gasteiger partial charge in [-0.25, -0.2) is 22.1 Å². The van der Waals surface area contributed by atoms with Gasteiger partial charge in [0.05, 0.1) is 4.90 Å². The Balaban J connectivity index is 2.06. The Hall–Kier alpha value is -2.52. The van der Waals surface area contributed by atoms with E-state index in [0.29, 0.717) is 10.5 Å². The summed E-state index contributed by atoms with van der Waals surface area (Å²) in [6.07, 6.45) is 5.08. The molecule has 1 aromatic heterocycles. The maximum atomic E-state index is 13.4. The van der Waals surface area contributed by atoms with Gasteiger partial charge in [-0.3, -0.25) is 4.79 Å². The fourth-order valence-electron chi connectivity index (χ4n) is 2.79. The van der Waals surface area contributed by atoms with Crippen LogP contribution in [0.1, 0.15) is 23.0 Å². The lowest BCUT2D eigenvalue weighted by molar-refractivity contribution is 0.101. The van der Waals surface area contributed by atoms with Crippen molar-refractivity contribution >= 4 is 27.6 Å². The van der Waals surface area contributed by atoms with E-state index in [4.69, 9.17) is 0 Å². The highest BCUT2D eigenvalue weighted by atomic mass is 32.2. The minimum absolute atomic E-state index is 0.119. The SMILES string of the molecule is CN=S1(=O)N[C@@H](C)C=Cc2c1cn(C)c2C(=O)Nc1ccc(F)c(F)c1. The fraction of sp³-hybridized carbons (Fsp3) is 0.235. The lowest BCUT2D eigenvalue weighted by Gasteiger charge is -2.11. The standard InChI is InChI=1S/C17H18F2N4O2S/c1-10-4-6-12-15(26(25,20-2)22-10)9-23(3)16(12)17(24)21-11-5-7-13(18)14(19)8-11/h4-10H,1-3H3,(H,21,24)(H,20,22,25)/t10-,26?/m0/s1. The first-order valence-corrected chi connectivity index (χ1v) is 9.33. The average molecular weight is 380 g/mol. The number of nitrogens with zero attached hydrogens (tertiary/aromatic N) is 2. The fourth-order valence-corrected chi connectivity index (χ4v) is 4.57. The van der Waals surface area contributed by atoms with E-state index < -0.39 is 27.5 Å². The molecule has 0 radical (unpaired) electrons. The van der Waals surface area contributed by atoms with Crippen molar-refractivity contribution in [2.24, 2.45) is 11.4 Å². The van der Waals surface area contributed by atoms with Crippen LogP contribution in [0.15, 0.2) is 39.7 Å². The first-order valence-electron chi connectivity index (χ1n) is 7.81. The highest BCUT2D eigenvalue weighted by Crippen LogP contribution is 2.28. The monoisotopic (exact) mass is 380 g/mol. The number of halogens is 2. The zero-order chi connectivity index (χ0) is 19.1. The molecule has 1 aliphatic rings. The number of aryl methyl sites for hydroxylation is 1. The van der Waals surface area contributed by atoms with Gasteiger partial charge in [0.25, 0.3) is 5.91 Å². The second kappa shape index (κ2) is 6.65. The Morgan fingerprint density at radius 3 is 2.73 bits per heavy atom. The van der Waals surface area contributed by atoms with E-state index in [2.05, 4.69) is 14.4 Å². The van der Waals surface area contributed by atoms with Crippen LogP contribution in [0.4, 0.5) is 14.5 Å². The summed E-state index contributed by atoms with van der Waals surface area (Å²) >= 11 is 0. The summed E-state index contributed by atoms with van der Waals surface area (Å²) in [6.45, 7) is 1.83. The molecule has 2 heterocycles. The number of amides is 1. The zero-order valence-corrected chi connectivity index (χ0v) is 15.2. The number of carbonyl (C=O) groups is 1. The molecule has 2 N–H and O–H groups in total. The molecule has 26 heavy (non-hydrogen) atoms. The molecule has 1 amide bonds. The molecule has 0 aliphatic carbocycles. The number of anilines is 1. The van der Waals surface area contributed by atoms with Crippen LogP contribution < -0.4 is 10.0 Å². The van der Waals surface area contributed by atoms with Crippen LogP contribution in [0.5, 0.6) is 0 Å². The molecule has 0 bridgehead atoms. The molecule has 0 saturated heterocycles. The first-order chi connectivity index (χ1) is 12.2. The second-order valence-corrected chi connectivity index (χ2v) is 8.02. The molecular weight excluding hydrogens is 362 g/mol. The largest absolute Gasteiger partial charge is 0.345 e. The molecule has 0 spiro atoms. The van der Waals surface area contributed by atoms with Gasteiger partial charge < -0.3 is 9.88 Å². The minimum Gasteiger partial charge on any atom is -0.345 e. The van der Waals surface area contributed by atoms with Crippen LogP contribution >= 0.6 is 0 Å². The van der Waals surface area contributed by atoms with Gasteiger partial charge in [-0.05, 0) is 19.1 Å². The Labute approximate surface area is 150 Å². The summed E-state index contributed by atoms with van der Waals surface area (Å²) in [4.78, 5) is 13.1. The summed E-state index contributed by atoms with van der Waals surface area (Å²) < 4.78 is 48.0. The molecule has 1 unspecified atom stereocenters. The molecule has 2 aromatic rings. The van der Waals surface area contributed by atoms with Crippen molar-refractivity contribution < 1.29 is 17.8 Å². The zero-order valence-electron chi connectivity index (χ0n) is 14.4. The van der Waals surface area contributed by atoms with E-state index in [1.165, 1.54) is 17.7 Å². The topological polar surface area (TPSA) is 75.5 Å². The van der Waals surface area contributed by atoms with E-state index in [1.807, 2.05) is 6.92 Å². The van der Waals surface area contributed by atoms with Crippen LogP contribution in [-0.4, -0.2) is 27.8 Å². The molecule has 6 nitrogen and oxygen atoms in total. The van der Waals surface area contributed by atoms with Crippen LogP contribution in [0.3, 0.4) is 0 Å². The molecule has 2 atom stereocenters. The van der Waals surface area contributed by atoms with Crippen LogP contribution in [-0.2, 0) is 17.0 Å². The molecule has 138 valence electrons. The maximum absolute atomic E-state index is 13.4. The number of hydrogen-bond donors (Lipinski definition) is 2. The van der Waals surface area contributed by atoms with Gasteiger partial charge >= 0.3 is 0 Å². The Bertz CT molecular complexity index is 1040. The molecule has 9 heteroatoms. The van der Waals surface area contributed by atoms with Crippen LogP contribution in [0.25, 0.3) is 6.08 Å². The summed E-state index contributed by atoms with van der Waals surface area (Å²) in [7, 11) is 0.199. The number of fused-ring (bicyclic) bond motifs is 1. The van der Waals surface area contributed by atoms with Gasteiger partial charge in [-0.15, -0.1) is 0 Å². The predicted octanol–water partition coefficient (Wildman–Crippen LogP) is 2.93. The Morgan fingerprint density at radius 2 is 2.08 bits per heavy atom. The molecule has 1 aromatic carbocycles. The third-order valence-electron chi connectivity index (χ3n) is 4.03. The van der Waals surface area contributed by atoms with Gasteiger partial charge in [0, 0.05) is 43.7 Å². The maximum Gasteiger partial charge on any atom is 0.272 e. The normalized spacial score (nSPS) is 21.8. The van der Waals surface area contributed by atoms with Crippen LogP contribution in [0.2, 0.25) is 0 Å². The molecule has 0 saturated carbocycles. The highest BCUT2D eigenvalue weighted by Gasteiger charge is 2.28. The lowest BCUT2D eigenvalue weighted by atomic mass is 10.2. The molecule has 3 rings (SSSR count). The summed E-state index contributed by atoms with van der Waals surface area (Å²) in [5.41, 5.74) is 0.835. The minimum atomic E-state index is -2.89.